The number of carbonyl (C=O) groups is 3. The number of aryl methyl sites for hydroxylation is 1. The maximum atomic E-state index is 13.3. The summed E-state index contributed by atoms with van der Waals surface area (Å²) in [5.41, 5.74) is 1.49. The maximum absolute atomic E-state index is 13.3. The van der Waals surface area contributed by atoms with Crippen molar-refractivity contribution < 1.29 is 28.6 Å². The van der Waals surface area contributed by atoms with Crippen molar-refractivity contribution in [3.8, 4) is 17.2 Å². The van der Waals surface area contributed by atoms with Crippen molar-refractivity contribution in [1.82, 2.24) is 5.32 Å². The Morgan fingerprint density at radius 3 is 2.32 bits per heavy atom. The fourth-order valence-corrected chi connectivity index (χ4v) is 3.17. The van der Waals surface area contributed by atoms with Gasteiger partial charge in [-0.1, -0.05) is 6.07 Å². The van der Waals surface area contributed by atoms with Gasteiger partial charge in [0.1, 0.15) is 22.8 Å². The second-order valence-electron chi connectivity index (χ2n) is 6.68. The lowest BCUT2D eigenvalue weighted by Crippen LogP contribution is -2.54. The highest BCUT2D eigenvalue weighted by atomic mass is 16.5. The molecule has 1 N–H and O–H groups in total. The second-order valence-corrected chi connectivity index (χ2v) is 6.68. The molecule has 0 aromatic heterocycles. The number of anilines is 1. The van der Waals surface area contributed by atoms with Crippen LogP contribution in [0.5, 0.6) is 17.2 Å². The van der Waals surface area contributed by atoms with Gasteiger partial charge in [-0.2, -0.15) is 0 Å². The number of nitrogens with zero attached hydrogens (tertiary/aromatic N) is 1. The molecule has 2 aromatic rings. The number of urea groups is 1. The van der Waals surface area contributed by atoms with Crippen LogP contribution < -0.4 is 24.4 Å². The van der Waals surface area contributed by atoms with Crippen molar-refractivity contribution in [1.29, 1.82) is 0 Å². The molecule has 0 unspecified atom stereocenters. The number of benzene rings is 2. The van der Waals surface area contributed by atoms with Gasteiger partial charge in [0.2, 0.25) is 0 Å². The molecule has 0 saturated carbocycles. The van der Waals surface area contributed by atoms with Crippen LogP contribution in [0.2, 0.25) is 0 Å². The van der Waals surface area contributed by atoms with E-state index in [1.54, 1.807) is 44.4 Å². The van der Waals surface area contributed by atoms with Gasteiger partial charge in [0.15, 0.2) is 0 Å². The minimum Gasteiger partial charge on any atom is -0.497 e. The summed E-state index contributed by atoms with van der Waals surface area (Å²) in [4.78, 5) is 39.3. The van der Waals surface area contributed by atoms with Gasteiger partial charge in [-0.3, -0.25) is 14.9 Å². The lowest BCUT2D eigenvalue weighted by molar-refractivity contribution is -0.122. The number of carbonyl (C=O) groups excluding carboxylic acids is 3. The molecule has 1 aliphatic rings. The zero-order valence-corrected chi connectivity index (χ0v) is 17.9. The number of barbiturate groups is 1. The molecule has 1 fully saturated rings. The van der Waals surface area contributed by atoms with Gasteiger partial charge in [0, 0.05) is 6.07 Å². The van der Waals surface area contributed by atoms with Crippen LogP contribution in [0, 0.1) is 6.92 Å². The molecule has 0 aliphatic carbocycles. The molecule has 1 aliphatic heterocycles. The summed E-state index contributed by atoms with van der Waals surface area (Å²) < 4.78 is 16.3. The number of rotatable bonds is 7. The molecular weight excluding hydrogens is 400 g/mol. The van der Waals surface area contributed by atoms with E-state index in [-0.39, 0.29) is 11.3 Å². The normalized spacial score (nSPS) is 15.2. The third-order valence-electron chi connectivity index (χ3n) is 4.66. The number of methoxy groups -OCH3 is 1. The van der Waals surface area contributed by atoms with E-state index < -0.39 is 17.8 Å². The Kier molecular flexibility index (Phi) is 6.59. The number of amides is 4. The predicted octanol–water partition coefficient (Wildman–Crippen LogP) is 3.47. The molecule has 8 nitrogen and oxygen atoms in total. The van der Waals surface area contributed by atoms with Crippen molar-refractivity contribution in [3.63, 3.8) is 0 Å². The lowest BCUT2D eigenvalue weighted by atomic mass is 10.0. The summed E-state index contributed by atoms with van der Waals surface area (Å²) in [7, 11) is 1.56. The highest BCUT2D eigenvalue weighted by molar-refractivity contribution is 6.39. The summed E-state index contributed by atoms with van der Waals surface area (Å²) >= 11 is 0. The predicted molar refractivity (Wildman–Crippen MR) is 116 cm³/mol. The SMILES string of the molecule is CCOc1ccc(OCC)c(N2C(=O)NC(=O)/C(=C\c3ccc(OC)cc3C)C2=O)c1. The van der Waals surface area contributed by atoms with Gasteiger partial charge in [0.05, 0.1) is 26.0 Å². The summed E-state index contributed by atoms with van der Waals surface area (Å²) in [6.07, 6.45) is 1.46. The minimum atomic E-state index is -0.854. The molecule has 31 heavy (non-hydrogen) atoms. The van der Waals surface area contributed by atoms with Crippen molar-refractivity contribution in [2.75, 3.05) is 25.2 Å². The lowest BCUT2D eigenvalue weighted by Gasteiger charge is -2.28. The Bertz CT molecular complexity index is 1060. The number of hydrogen-bond acceptors (Lipinski definition) is 6. The molecule has 0 bridgehead atoms. The van der Waals surface area contributed by atoms with Gasteiger partial charge in [-0.15, -0.1) is 0 Å². The molecule has 1 saturated heterocycles. The fraction of sp³-hybridized carbons (Fsp3) is 0.261. The Labute approximate surface area is 180 Å². The Morgan fingerprint density at radius 2 is 1.68 bits per heavy atom. The van der Waals surface area contributed by atoms with Gasteiger partial charge in [-0.05, 0) is 62.2 Å². The van der Waals surface area contributed by atoms with Crippen molar-refractivity contribution >= 4 is 29.6 Å². The van der Waals surface area contributed by atoms with E-state index in [0.29, 0.717) is 36.0 Å². The van der Waals surface area contributed by atoms with E-state index in [2.05, 4.69) is 5.32 Å². The summed E-state index contributed by atoms with van der Waals surface area (Å²) in [5.74, 6) is -0.0670. The molecular formula is C23H24N2O6. The van der Waals surface area contributed by atoms with Gasteiger partial charge in [0.25, 0.3) is 11.8 Å². The third-order valence-corrected chi connectivity index (χ3v) is 4.66. The largest absolute Gasteiger partial charge is 0.497 e. The average Bonchev–Trinajstić information content (AvgIpc) is 2.74. The van der Waals surface area contributed by atoms with Crippen LogP contribution in [0.3, 0.4) is 0 Å². The molecule has 8 heteroatoms. The van der Waals surface area contributed by atoms with Crippen LogP contribution in [-0.2, 0) is 9.59 Å². The van der Waals surface area contributed by atoms with E-state index in [4.69, 9.17) is 14.2 Å². The smallest absolute Gasteiger partial charge is 0.336 e. The van der Waals surface area contributed by atoms with E-state index in [1.165, 1.54) is 12.1 Å². The van der Waals surface area contributed by atoms with Crippen molar-refractivity contribution in [2.45, 2.75) is 20.8 Å². The molecule has 3 rings (SSSR count). The number of nitrogens with one attached hydrogen (secondary N) is 1. The van der Waals surface area contributed by atoms with Gasteiger partial charge >= 0.3 is 6.03 Å². The monoisotopic (exact) mass is 424 g/mol. The third kappa shape index (κ3) is 4.53. The molecule has 1 heterocycles. The van der Waals surface area contributed by atoms with E-state index >= 15 is 0 Å². The number of hydrogen-bond donors (Lipinski definition) is 1. The zero-order chi connectivity index (χ0) is 22.5. The summed E-state index contributed by atoms with van der Waals surface area (Å²) in [6.45, 7) is 6.19. The highest BCUT2D eigenvalue weighted by Crippen LogP contribution is 2.35. The standard InChI is InChI=1S/C23H24N2O6/c1-5-30-17-9-10-20(31-6-2)19(13-17)25-22(27)18(21(26)24-23(25)28)12-15-7-8-16(29-4)11-14(15)3/h7-13H,5-6H2,1-4H3,(H,24,26,28)/b18-12+. The van der Waals surface area contributed by atoms with E-state index in [9.17, 15) is 14.4 Å². The topological polar surface area (TPSA) is 94.2 Å². The second kappa shape index (κ2) is 9.34. The van der Waals surface area contributed by atoms with Crippen LogP contribution in [0.15, 0.2) is 42.0 Å². The number of imide groups is 2. The van der Waals surface area contributed by atoms with Gasteiger partial charge in [-0.25, -0.2) is 9.69 Å². The maximum Gasteiger partial charge on any atom is 0.336 e. The van der Waals surface area contributed by atoms with Crippen LogP contribution >= 0.6 is 0 Å². The Hall–Kier alpha value is -3.81. The van der Waals surface area contributed by atoms with Crippen LogP contribution in [0.25, 0.3) is 6.08 Å². The summed E-state index contributed by atoms with van der Waals surface area (Å²) in [5, 5.41) is 2.23. The zero-order valence-electron chi connectivity index (χ0n) is 17.9. The summed E-state index contributed by atoms with van der Waals surface area (Å²) in [6, 6.07) is 9.26. The number of ether oxygens (including phenoxy) is 3. The molecule has 0 atom stereocenters. The van der Waals surface area contributed by atoms with Crippen LogP contribution in [0.4, 0.5) is 10.5 Å². The van der Waals surface area contributed by atoms with E-state index in [1.807, 2.05) is 13.8 Å². The first kappa shape index (κ1) is 21.9. The molecule has 2 aromatic carbocycles. The van der Waals surface area contributed by atoms with Gasteiger partial charge < -0.3 is 14.2 Å². The highest BCUT2D eigenvalue weighted by Gasteiger charge is 2.38. The molecule has 4 amide bonds. The minimum absolute atomic E-state index is 0.169. The quantitative estimate of drug-likeness (QED) is 0.540. The Balaban J connectivity index is 2.07. The fourth-order valence-electron chi connectivity index (χ4n) is 3.17. The van der Waals surface area contributed by atoms with Crippen LogP contribution in [-0.4, -0.2) is 38.2 Å². The molecule has 0 spiro atoms. The molecule has 162 valence electrons. The average molecular weight is 424 g/mol. The Morgan fingerprint density at radius 1 is 0.968 bits per heavy atom. The molecule has 0 radical (unpaired) electrons. The van der Waals surface area contributed by atoms with E-state index in [0.717, 1.165) is 10.5 Å². The first-order valence-electron chi connectivity index (χ1n) is 9.85. The first-order chi connectivity index (χ1) is 14.9. The van der Waals surface area contributed by atoms with Crippen LogP contribution in [0.1, 0.15) is 25.0 Å². The van der Waals surface area contributed by atoms with Crippen molar-refractivity contribution in [2.24, 2.45) is 0 Å². The van der Waals surface area contributed by atoms with Crippen molar-refractivity contribution in [3.05, 3.63) is 53.1 Å². The first-order valence-corrected chi connectivity index (χ1v) is 9.85.